The molecule has 0 atom stereocenters. The molecule has 0 aliphatic rings. The van der Waals surface area contributed by atoms with Crippen LogP contribution in [0.4, 0.5) is 0 Å². The van der Waals surface area contributed by atoms with E-state index in [-0.39, 0.29) is 11.6 Å². The average Bonchev–Trinajstić information content (AvgIpc) is 2.25. The number of halogens is 1. The van der Waals surface area contributed by atoms with Crippen LogP contribution in [0.3, 0.4) is 0 Å². The Balaban J connectivity index is 2.40. The summed E-state index contributed by atoms with van der Waals surface area (Å²) < 4.78 is 1.00. The molecule has 0 N–H and O–H groups in total. The van der Waals surface area contributed by atoms with E-state index in [4.69, 9.17) is 4.84 Å². The zero-order valence-electron chi connectivity index (χ0n) is 8.52. The Hall–Kier alpha value is -1.10. The molecule has 1 aromatic carbocycles. The zero-order valence-corrected chi connectivity index (χ0v) is 10.1. The van der Waals surface area contributed by atoms with Gasteiger partial charge in [0.1, 0.15) is 6.54 Å². The molecule has 0 saturated heterocycles. The summed E-state index contributed by atoms with van der Waals surface area (Å²) >= 11 is 3.33. The van der Waals surface area contributed by atoms with Crippen LogP contribution in [0.25, 0.3) is 0 Å². The predicted molar refractivity (Wildman–Crippen MR) is 60.1 cm³/mol. The third kappa shape index (κ3) is 4.78. The second-order valence-electron chi connectivity index (χ2n) is 3.00. The van der Waals surface area contributed by atoms with Crippen molar-refractivity contribution in [2.45, 2.75) is 20.0 Å². The van der Waals surface area contributed by atoms with E-state index in [1.165, 1.54) is 0 Å². The molecule has 0 aliphatic heterocycles. The molecule has 1 rings (SSSR count). The molecule has 82 valence electrons. The van der Waals surface area contributed by atoms with Gasteiger partial charge in [-0.1, -0.05) is 35.0 Å². The van der Waals surface area contributed by atoms with E-state index in [0.717, 1.165) is 16.5 Å². The summed E-state index contributed by atoms with van der Waals surface area (Å²) in [7, 11) is 0. The maximum absolute atomic E-state index is 11.0. The Kier molecular flexibility index (Phi) is 5.10. The van der Waals surface area contributed by atoms with Gasteiger partial charge in [-0.15, -0.1) is 0 Å². The summed E-state index contributed by atoms with van der Waals surface area (Å²) in [6.07, 6.45) is 0.834. The molecule has 0 fully saturated rings. The Bertz CT molecular complexity index is 325. The first-order chi connectivity index (χ1) is 7.22. The van der Waals surface area contributed by atoms with Gasteiger partial charge in [-0.3, -0.25) is 0 Å². The Labute approximate surface area is 97.2 Å². The lowest BCUT2D eigenvalue weighted by Crippen LogP contribution is -2.03. The quantitative estimate of drug-likeness (QED) is 0.610. The van der Waals surface area contributed by atoms with Crippen LogP contribution in [-0.2, 0) is 11.4 Å². The first kappa shape index (κ1) is 12.0. The highest BCUT2D eigenvalue weighted by atomic mass is 79.9. The van der Waals surface area contributed by atoms with Crippen LogP contribution in [0.2, 0.25) is 0 Å². The van der Waals surface area contributed by atoms with Gasteiger partial charge in [-0.2, -0.15) is 0 Å². The Morgan fingerprint density at radius 2 is 2.07 bits per heavy atom. The second-order valence-corrected chi connectivity index (χ2v) is 3.92. The van der Waals surface area contributed by atoms with Gasteiger partial charge in [0.2, 0.25) is 0 Å². The SMILES string of the molecule is CCCN=[N+]([O-])OCc1ccc(Br)cc1. The number of rotatable bonds is 5. The fourth-order valence-corrected chi connectivity index (χ4v) is 1.20. The van der Waals surface area contributed by atoms with Crippen molar-refractivity contribution in [3.8, 4) is 0 Å². The number of nitrogens with zero attached hydrogens (tertiary/aromatic N) is 2. The van der Waals surface area contributed by atoms with Crippen LogP contribution in [0.5, 0.6) is 0 Å². The van der Waals surface area contributed by atoms with Gasteiger partial charge < -0.3 is 4.84 Å². The summed E-state index contributed by atoms with van der Waals surface area (Å²) in [5.41, 5.74) is 0.936. The van der Waals surface area contributed by atoms with Crippen LogP contribution in [0, 0.1) is 5.21 Å². The molecule has 0 heterocycles. The topological polar surface area (TPSA) is 47.7 Å². The molecule has 0 spiro atoms. The lowest BCUT2D eigenvalue weighted by atomic mass is 10.2. The Morgan fingerprint density at radius 1 is 1.40 bits per heavy atom. The van der Waals surface area contributed by atoms with Crippen molar-refractivity contribution in [1.82, 2.24) is 0 Å². The molecular weight excluding hydrogens is 260 g/mol. The minimum Gasteiger partial charge on any atom is -0.376 e. The van der Waals surface area contributed by atoms with Gasteiger partial charge in [0.25, 0.3) is 0 Å². The Morgan fingerprint density at radius 3 is 2.67 bits per heavy atom. The summed E-state index contributed by atoms with van der Waals surface area (Å²) in [5.74, 6) is 0. The predicted octanol–water partition coefficient (Wildman–Crippen LogP) is 3.25. The fourth-order valence-electron chi connectivity index (χ4n) is 0.933. The highest BCUT2D eigenvalue weighted by molar-refractivity contribution is 9.10. The van der Waals surface area contributed by atoms with Crippen molar-refractivity contribution in [3.63, 3.8) is 0 Å². The molecule has 5 heteroatoms. The maximum Gasteiger partial charge on any atom is 0.169 e. The van der Waals surface area contributed by atoms with E-state index in [0.29, 0.717) is 6.54 Å². The van der Waals surface area contributed by atoms with Crippen molar-refractivity contribution in [3.05, 3.63) is 39.5 Å². The average molecular weight is 273 g/mol. The largest absolute Gasteiger partial charge is 0.376 e. The van der Waals surface area contributed by atoms with Crippen LogP contribution in [0.15, 0.2) is 33.9 Å². The first-order valence-corrected chi connectivity index (χ1v) is 5.53. The molecule has 15 heavy (non-hydrogen) atoms. The highest BCUT2D eigenvalue weighted by Gasteiger charge is 1.96. The standard InChI is InChI=1S/C10H13BrN2O2/c1-2-7-12-13(14)15-8-9-3-5-10(11)6-4-9/h3-6H,2,7-8H2,1H3. The molecule has 0 unspecified atom stereocenters. The molecule has 4 nitrogen and oxygen atoms in total. The number of benzene rings is 1. The normalized spacial score (nSPS) is 11.5. The van der Waals surface area contributed by atoms with E-state index in [9.17, 15) is 5.21 Å². The van der Waals surface area contributed by atoms with Crippen molar-refractivity contribution < 1.29 is 9.86 Å². The smallest absolute Gasteiger partial charge is 0.169 e. The minimum absolute atomic E-state index is 0.240. The third-order valence-corrected chi connectivity index (χ3v) is 2.22. The van der Waals surface area contributed by atoms with E-state index >= 15 is 0 Å². The van der Waals surface area contributed by atoms with E-state index in [1.807, 2.05) is 31.2 Å². The van der Waals surface area contributed by atoms with Gasteiger partial charge in [0.15, 0.2) is 5.02 Å². The molecule has 0 aliphatic carbocycles. The van der Waals surface area contributed by atoms with Crippen molar-refractivity contribution in [2.24, 2.45) is 5.11 Å². The second kappa shape index (κ2) is 6.40. The van der Waals surface area contributed by atoms with Crippen molar-refractivity contribution >= 4 is 15.9 Å². The summed E-state index contributed by atoms with van der Waals surface area (Å²) in [4.78, 5) is 4.87. The number of hydrogen-bond donors (Lipinski definition) is 0. The van der Waals surface area contributed by atoms with Crippen molar-refractivity contribution in [1.29, 1.82) is 0 Å². The monoisotopic (exact) mass is 272 g/mol. The lowest BCUT2D eigenvalue weighted by molar-refractivity contribution is -0.795. The van der Waals surface area contributed by atoms with Crippen LogP contribution in [0.1, 0.15) is 18.9 Å². The van der Waals surface area contributed by atoms with E-state index in [1.54, 1.807) is 0 Å². The third-order valence-electron chi connectivity index (χ3n) is 1.69. The molecule has 0 aromatic heterocycles. The molecule has 0 saturated carbocycles. The molecule has 0 radical (unpaired) electrons. The van der Waals surface area contributed by atoms with Gasteiger partial charge >= 0.3 is 0 Å². The fraction of sp³-hybridized carbons (Fsp3) is 0.400. The maximum atomic E-state index is 11.0. The van der Waals surface area contributed by atoms with Gasteiger partial charge in [0.05, 0.1) is 6.61 Å². The van der Waals surface area contributed by atoms with Crippen LogP contribution in [-0.4, -0.2) is 11.6 Å². The molecular formula is C10H13BrN2O2. The van der Waals surface area contributed by atoms with Gasteiger partial charge in [-0.25, -0.2) is 5.21 Å². The summed E-state index contributed by atoms with van der Waals surface area (Å²) in [5, 5.41) is 14.9. The first-order valence-electron chi connectivity index (χ1n) is 4.74. The van der Waals surface area contributed by atoms with Crippen LogP contribution < -0.4 is 0 Å². The molecule has 1 aromatic rings. The summed E-state index contributed by atoms with van der Waals surface area (Å²) in [6.45, 7) is 2.68. The lowest BCUT2D eigenvalue weighted by Gasteiger charge is -2.03. The van der Waals surface area contributed by atoms with Gasteiger partial charge in [-0.05, 0) is 24.1 Å². The van der Waals surface area contributed by atoms with Crippen molar-refractivity contribution in [2.75, 3.05) is 6.54 Å². The minimum atomic E-state index is 0.240. The molecule has 0 bridgehead atoms. The van der Waals surface area contributed by atoms with Crippen LogP contribution >= 0.6 is 15.9 Å². The highest BCUT2D eigenvalue weighted by Crippen LogP contribution is 2.11. The van der Waals surface area contributed by atoms with E-state index < -0.39 is 0 Å². The molecule has 0 amide bonds. The number of hydrogen-bond acceptors (Lipinski definition) is 3. The van der Waals surface area contributed by atoms with Gasteiger partial charge in [0, 0.05) is 9.59 Å². The van der Waals surface area contributed by atoms with E-state index in [2.05, 4.69) is 21.0 Å². The zero-order chi connectivity index (χ0) is 11.1. The summed E-state index contributed by atoms with van der Waals surface area (Å²) in [6, 6.07) is 7.57.